The largest absolute Gasteiger partial charge is 0.481 e. The van der Waals surface area contributed by atoms with E-state index in [1.54, 1.807) is 24.3 Å². The molecule has 5 rings (SSSR count). The fraction of sp³-hybridized carbons (Fsp3) is 0.273. The highest BCUT2D eigenvalue weighted by molar-refractivity contribution is 5.98. The van der Waals surface area contributed by atoms with Gasteiger partial charge in [-0.05, 0) is 35.2 Å². The number of ether oxygens (including phenoxy) is 1. The average Bonchev–Trinajstić information content (AvgIpc) is 3.40. The smallest absolute Gasteiger partial charge is 0.416 e. The van der Waals surface area contributed by atoms with Crippen molar-refractivity contribution in [3.8, 4) is 0 Å². The Bertz CT molecular complexity index is 1580. The number of benzene rings is 3. The Morgan fingerprint density at radius 1 is 1.00 bits per heavy atom. The lowest BCUT2D eigenvalue weighted by molar-refractivity contribution is -0.163. The third kappa shape index (κ3) is 7.00. The molecule has 2 fully saturated rings. The minimum atomic E-state index is -4.57. The highest BCUT2D eigenvalue weighted by atomic mass is 19.4. The number of rotatable bonds is 11. The number of cyclic esters (lactones) is 1. The average molecular weight is 622 g/mol. The van der Waals surface area contributed by atoms with E-state index in [-0.39, 0.29) is 25.1 Å². The minimum absolute atomic E-state index is 0.0155. The molecule has 2 aliphatic rings. The van der Waals surface area contributed by atoms with Crippen molar-refractivity contribution in [1.29, 1.82) is 0 Å². The van der Waals surface area contributed by atoms with Crippen LogP contribution in [0.4, 0.5) is 18.0 Å². The van der Waals surface area contributed by atoms with Gasteiger partial charge in [0.1, 0.15) is 18.7 Å². The van der Waals surface area contributed by atoms with Gasteiger partial charge in [-0.1, -0.05) is 84.9 Å². The van der Waals surface area contributed by atoms with E-state index >= 15 is 0 Å². The number of halogens is 3. The molecule has 12 heteroatoms. The maximum Gasteiger partial charge on any atom is 0.416 e. The normalized spacial score (nSPS) is 20.6. The maximum atomic E-state index is 13.9. The van der Waals surface area contributed by atoms with Crippen LogP contribution < -0.4 is 5.32 Å². The number of carboxylic acids is 1. The molecule has 45 heavy (non-hydrogen) atoms. The second kappa shape index (κ2) is 13.2. The number of alkyl halides is 3. The molecule has 9 nitrogen and oxygen atoms in total. The molecule has 2 saturated heterocycles. The second-order valence-corrected chi connectivity index (χ2v) is 10.7. The molecule has 3 aromatic carbocycles. The summed E-state index contributed by atoms with van der Waals surface area (Å²) in [6, 6.07) is 18.9. The van der Waals surface area contributed by atoms with Crippen LogP contribution in [-0.4, -0.2) is 63.5 Å². The summed E-state index contributed by atoms with van der Waals surface area (Å²) in [4.78, 5) is 54.6. The van der Waals surface area contributed by atoms with Gasteiger partial charge in [-0.2, -0.15) is 13.2 Å². The number of amides is 3. The molecule has 0 aliphatic carbocycles. The molecule has 2 heterocycles. The monoisotopic (exact) mass is 621 g/mol. The van der Waals surface area contributed by atoms with Gasteiger partial charge in [0.15, 0.2) is 0 Å². The van der Waals surface area contributed by atoms with E-state index in [4.69, 9.17) is 4.74 Å². The minimum Gasteiger partial charge on any atom is -0.481 e. The molecular weight excluding hydrogens is 591 g/mol. The second-order valence-electron chi connectivity index (χ2n) is 10.7. The van der Waals surface area contributed by atoms with Crippen molar-refractivity contribution in [2.75, 3.05) is 6.61 Å². The Labute approximate surface area is 256 Å². The molecule has 0 bridgehead atoms. The van der Waals surface area contributed by atoms with Gasteiger partial charge in [0.2, 0.25) is 11.8 Å². The van der Waals surface area contributed by atoms with Crippen LogP contribution in [0.2, 0.25) is 0 Å². The molecule has 0 aromatic heterocycles. The fourth-order valence-corrected chi connectivity index (χ4v) is 5.63. The first-order chi connectivity index (χ1) is 21.5. The standard InChI is InChI=1S/C33H30F3N3O6/c34-33(35,36)24-13-7-10-22(18-24)19-37-30(42)26(16-17-28(40)41)38-25(15-14-21-8-3-1-4-9-21)29(31(38)43)39-27(20-45-32(39)44)23-11-5-2-6-12-23/h1-15,18,25-27,29H,16-17,19-20H2,(H,37,42)(H,40,41)/t25-,26+,27-,29+/m1/s1. The van der Waals surface area contributed by atoms with Gasteiger partial charge in [0.25, 0.3) is 0 Å². The van der Waals surface area contributed by atoms with Crippen molar-refractivity contribution in [2.45, 2.75) is 49.7 Å². The summed E-state index contributed by atoms with van der Waals surface area (Å²) in [6.07, 6.45) is -2.56. The van der Waals surface area contributed by atoms with E-state index in [0.717, 1.165) is 23.3 Å². The number of carbonyl (C=O) groups is 4. The van der Waals surface area contributed by atoms with Crippen LogP contribution in [0.25, 0.3) is 6.08 Å². The molecule has 0 saturated carbocycles. The Balaban J connectivity index is 1.44. The maximum absolute atomic E-state index is 13.9. The Morgan fingerprint density at radius 2 is 1.69 bits per heavy atom. The van der Waals surface area contributed by atoms with Crippen LogP contribution in [0.3, 0.4) is 0 Å². The van der Waals surface area contributed by atoms with Crippen LogP contribution in [0.1, 0.15) is 41.1 Å². The SMILES string of the molecule is O=C(O)CC[C@@H](C(=O)NCc1cccc(C(F)(F)F)c1)N1C(=O)[C@@H](N2C(=O)OC[C@@H]2c2ccccc2)[C@H]1C=Cc1ccccc1. The van der Waals surface area contributed by atoms with Gasteiger partial charge in [0.05, 0.1) is 17.6 Å². The van der Waals surface area contributed by atoms with Crippen molar-refractivity contribution in [3.63, 3.8) is 0 Å². The third-order valence-corrected chi connectivity index (χ3v) is 7.82. The first kappa shape index (κ1) is 31.3. The zero-order valence-electron chi connectivity index (χ0n) is 23.9. The van der Waals surface area contributed by atoms with Gasteiger partial charge >= 0.3 is 18.2 Å². The van der Waals surface area contributed by atoms with Crippen LogP contribution in [-0.2, 0) is 31.8 Å². The van der Waals surface area contributed by atoms with Crippen LogP contribution in [0.5, 0.6) is 0 Å². The van der Waals surface area contributed by atoms with Gasteiger partial charge in [0, 0.05) is 13.0 Å². The Kier molecular flexibility index (Phi) is 9.21. The number of carboxylic acid groups (broad SMARTS) is 1. The number of hydrogen-bond acceptors (Lipinski definition) is 5. The van der Waals surface area contributed by atoms with Crippen molar-refractivity contribution in [2.24, 2.45) is 0 Å². The van der Waals surface area contributed by atoms with Gasteiger partial charge in [-0.25, -0.2) is 4.79 Å². The lowest BCUT2D eigenvalue weighted by Crippen LogP contribution is -2.74. The topological polar surface area (TPSA) is 116 Å². The molecule has 4 atom stereocenters. The summed E-state index contributed by atoms with van der Waals surface area (Å²) in [5, 5.41) is 12.0. The molecule has 3 amide bonds. The van der Waals surface area contributed by atoms with Crippen molar-refractivity contribution < 1.29 is 42.2 Å². The number of nitrogens with one attached hydrogen (secondary N) is 1. The van der Waals surface area contributed by atoms with E-state index in [9.17, 15) is 37.5 Å². The zero-order chi connectivity index (χ0) is 32.1. The third-order valence-electron chi connectivity index (χ3n) is 7.82. The predicted molar refractivity (Wildman–Crippen MR) is 156 cm³/mol. The number of hydrogen-bond donors (Lipinski definition) is 2. The Morgan fingerprint density at radius 3 is 2.36 bits per heavy atom. The number of β-lactam (4-membered cyclic amide) rings is 1. The predicted octanol–water partition coefficient (Wildman–Crippen LogP) is 5.04. The molecule has 0 unspecified atom stereocenters. The summed E-state index contributed by atoms with van der Waals surface area (Å²) in [7, 11) is 0. The van der Waals surface area contributed by atoms with Crippen molar-refractivity contribution in [3.05, 3.63) is 113 Å². The van der Waals surface area contributed by atoms with Gasteiger partial charge < -0.3 is 20.1 Å². The van der Waals surface area contributed by atoms with Crippen molar-refractivity contribution in [1.82, 2.24) is 15.1 Å². The number of likely N-dealkylation sites (tertiary alicyclic amines) is 1. The Hall–Kier alpha value is -5.13. The molecule has 2 aliphatic heterocycles. The van der Waals surface area contributed by atoms with E-state index in [1.807, 2.05) is 48.5 Å². The van der Waals surface area contributed by atoms with Crippen LogP contribution >= 0.6 is 0 Å². The van der Waals surface area contributed by atoms with Gasteiger partial charge in [-0.3, -0.25) is 19.3 Å². The number of nitrogens with zero attached hydrogens (tertiary/aromatic N) is 2. The van der Waals surface area contributed by atoms with E-state index < -0.39 is 66.2 Å². The van der Waals surface area contributed by atoms with E-state index in [1.165, 1.54) is 21.9 Å². The molecule has 0 spiro atoms. The molecule has 3 aromatic rings. The van der Waals surface area contributed by atoms with Crippen LogP contribution in [0.15, 0.2) is 91.0 Å². The first-order valence-corrected chi connectivity index (χ1v) is 14.3. The lowest BCUT2D eigenvalue weighted by atomic mass is 9.87. The molecule has 234 valence electrons. The zero-order valence-corrected chi connectivity index (χ0v) is 23.9. The highest BCUT2D eigenvalue weighted by Crippen LogP contribution is 2.39. The van der Waals surface area contributed by atoms with Crippen LogP contribution in [0, 0.1) is 0 Å². The number of carbonyl (C=O) groups excluding carboxylic acids is 3. The van der Waals surface area contributed by atoms with E-state index in [0.29, 0.717) is 0 Å². The summed E-state index contributed by atoms with van der Waals surface area (Å²) in [5.74, 6) is -2.51. The lowest BCUT2D eigenvalue weighted by Gasteiger charge is -2.52. The first-order valence-electron chi connectivity index (χ1n) is 14.3. The fourth-order valence-electron chi connectivity index (χ4n) is 5.63. The summed E-state index contributed by atoms with van der Waals surface area (Å²) in [5.41, 5.74) is 0.833. The highest BCUT2D eigenvalue weighted by Gasteiger charge is 2.58. The summed E-state index contributed by atoms with van der Waals surface area (Å²) in [6.45, 7) is -0.265. The summed E-state index contributed by atoms with van der Waals surface area (Å²) < 4.78 is 45.0. The molecule has 0 radical (unpaired) electrons. The molecule has 2 N–H and O–H groups in total. The summed E-state index contributed by atoms with van der Waals surface area (Å²) >= 11 is 0. The van der Waals surface area contributed by atoms with Gasteiger partial charge in [-0.15, -0.1) is 0 Å². The number of aliphatic carboxylic acids is 1. The quantitative estimate of drug-likeness (QED) is 0.290. The molecular formula is C33H30F3N3O6. The van der Waals surface area contributed by atoms with E-state index in [2.05, 4.69) is 5.32 Å². The van der Waals surface area contributed by atoms with Crippen molar-refractivity contribution >= 4 is 30.0 Å².